The fourth-order valence-corrected chi connectivity index (χ4v) is 1.54. The second-order valence-corrected chi connectivity index (χ2v) is 4.07. The van der Waals surface area contributed by atoms with Gasteiger partial charge in [-0.15, -0.1) is 0 Å². The average molecular weight is 250 g/mol. The Balaban J connectivity index is 2.43. The Morgan fingerprint density at radius 2 is 2.11 bits per heavy atom. The number of aryl methyl sites for hydroxylation is 1. The molecule has 0 spiro atoms. The first-order chi connectivity index (χ1) is 8.52. The highest BCUT2D eigenvalue weighted by Gasteiger charge is 2.12. The molecule has 5 heteroatoms. The van der Waals surface area contributed by atoms with E-state index in [-0.39, 0.29) is 12.5 Å². The van der Waals surface area contributed by atoms with E-state index < -0.39 is 5.97 Å². The van der Waals surface area contributed by atoms with E-state index in [2.05, 4.69) is 4.74 Å². The molecule has 0 saturated carbocycles. The van der Waals surface area contributed by atoms with Crippen LogP contribution >= 0.6 is 0 Å². The average Bonchev–Trinajstić information content (AvgIpc) is 2.35. The summed E-state index contributed by atoms with van der Waals surface area (Å²) in [5.74, 6) is -0.516. The van der Waals surface area contributed by atoms with E-state index in [0.29, 0.717) is 18.5 Å². The number of hydrogen-bond donors (Lipinski definition) is 1. The summed E-state index contributed by atoms with van der Waals surface area (Å²) in [6.45, 7) is -0.0216. The van der Waals surface area contributed by atoms with Gasteiger partial charge in [-0.25, -0.2) is 0 Å². The molecule has 1 amide bonds. The first-order valence-electron chi connectivity index (χ1n) is 5.68. The van der Waals surface area contributed by atoms with Gasteiger partial charge in [0.2, 0.25) is 5.91 Å². The molecular formula is C13H18N2O3. The summed E-state index contributed by atoms with van der Waals surface area (Å²) in [7, 11) is 2.88. The third kappa shape index (κ3) is 4.45. The van der Waals surface area contributed by atoms with E-state index in [9.17, 15) is 9.59 Å². The van der Waals surface area contributed by atoms with Gasteiger partial charge in [0.25, 0.3) is 0 Å². The third-order valence-corrected chi connectivity index (χ3v) is 2.60. The lowest BCUT2D eigenvalue weighted by Crippen LogP contribution is -2.32. The number of hydrogen-bond acceptors (Lipinski definition) is 4. The van der Waals surface area contributed by atoms with Crippen LogP contribution in [-0.2, 0) is 20.7 Å². The molecule has 0 heterocycles. The zero-order valence-corrected chi connectivity index (χ0v) is 10.7. The van der Waals surface area contributed by atoms with Crippen molar-refractivity contribution in [3.8, 4) is 0 Å². The molecule has 0 fully saturated rings. The molecule has 0 aliphatic rings. The van der Waals surface area contributed by atoms with E-state index in [1.807, 2.05) is 18.2 Å². The summed E-state index contributed by atoms with van der Waals surface area (Å²) in [6.07, 6.45) is 0.951. The molecule has 1 aromatic carbocycles. The molecular weight excluding hydrogens is 232 g/mol. The van der Waals surface area contributed by atoms with Gasteiger partial charge in [0.05, 0.1) is 7.11 Å². The van der Waals surface area contributed by atoms with Crippen molar-refractivity contribution in [2.75, 3.05) is 26.4 Å². The number of ether oxygens (including phenoxy) is 1. The summed E-state index contributed by atoms with van der Waals surface area (Å²) in [5.41, 5.74) is 7.34. The summed E-state index contributed by atoms with van der Waals surface area (Å²) in [4.78, 5) is 24.1. The molecule has 0 bridgehead atoms. The monoisotopic (exact) mass is 250 g/mol. The van der Waals surface area contributed by atoms with Crippen molar-refractivity contribution in [2.45, 2.75) is 12.8 Å². The number of benzene rings is 1. The van der Waals surface area contributed by atoms with Crippen LogP contribution in [0, 0.1) is 0 Å². The van der Waals surface area contributed by atoms with Crippen molar-refractivity contribution in [1.29, 1.82) is 0 Å². The summed E-state index contributed by atoms with van der Waals surface area (Å²) in [6, 6.07) is 7.42. The number of amides is 1. The molecule has 2 N–H and O–H groups in total. The minimum atomic E-state index is -0.421. The Labute approximate surface area is 107 Å². The van der Waals surface area contributed by atoms with Gasteiger partial charge in [0.15, 0.2) is 0 Å². The predicted molar refractivity (Wildman–Crippen MR) is 68.8 cm³/mol. The maximum Gasteiger partial charge on any atom is 0.325 e. The van der Waals surface area contributed by atoms with Gasteiger partial charge in [-0.2, -0.15) is 0 Å². The van der Waals surface area contributed by atoms with E-state index in [4.69, 9.17) is 5.73 Å². The first kappa shape index (κ1) is 14.0. The second-order valence-electron chi connectivity index (χ2n) is 4.07. The van der Waals surface area contributed by atoms with Crippen LogP contribution in [0.4, 0.5) is 5.69 Å². The predicted octanol–water partition coefficient (Wildman–Crippen LogP) is 0.833. The number of rotatable bonds is 5. The van der Waals surface area contributed by atoms with Crippen LogP contribution in [0.5, 0.6) is 0 Å². The molecule has 0 aliphatic carbocycles. The quantitative estimate of drug-likeness (QED) is 0.620. The molecule has 0 unspecified atom stereocenters. The lowest BCUT2D eigenvalue weighted by Gasteiger charge is -2.15. The first-order valence-corrected chi connectivity index (χ1v) is 5.68. The van der Waals surface area contributed by atoms with Gasteiger partial charge in [-0.1, -0.05) is 12.1 Å². The maximum atomic E-state index is 11.7. The zero-order chi connectivity index (χ0) is 13.5. The number of nitrogen functional groups attached to an aromatic ring is 1. The number of likely N-dealkylation sites (N-methyl/N-ethyl adjacent to an activating group) is 1. The van der Waals surface area contributed by atoms with Crippen molar-refractivity contribution >= 4 is 17.6 Å². The number of carbonyl (C=O) groups excluding carboxylic acids is 2. The van der Waals surface area contributed by atoms with Gasteiger partial charge in [-0.3, -0.25) is 9.59 Å². The van der Waals surface area contributed by atoms with E-state index in [1.165, 1.54) is 12.0 Å². The van der Waals surface area contributed by atoms with Gasteiger partial charge in [0.1, 0.15) is 6.54 Å². The molecule has 0 aromatic heterocycles. The molecule has 0 saturated heterocycles. The van der Waals surface area contributed by atoms with Crippen molar-refractivity contribution in [1.82, 2.24) is 4.90 Å². The highest BCUT2D eigenvalue weighted by molar-refractivity contribution is 5.81. The van der Waals surface area contributed by atoms with Gasteiger partial charge >= 0.3 is 5.97 Å². The van der Waals surface area contributed by atoms with Crippen molar-refractivity contribution in [2.24, 2.45) is 0 Å². The fraction of sp³-hybridized carbons (Fsp3) is 0.385. The Morgan fingerprint density at radius 1 is 1.39 bits per heavy atom. The normalized spacial score (nSPS) is 9.89. The fourth-order valence-electron chi connectivity index (χ4n) is 1.54. The molecule has 1 rings (SSSR count). The zero-order valence-electron chi connectivity index (χ0n) is 10.7. The number of esters is 1. The second kappa shape index (κ2) is 6.64. The third-order valence-electron chi connectivity index (χ3n) is 2.60. The van der Waals surface area contributed by atoms with Gasteiger partial charge < -0.3 is 15.4 Å². The maximum absolute atomic E-state index is 11.7. The topological polar surface area (TPSA) is 72.6 Å². The van der Waals surface area contributed by atoms with E-state index in [0.717, 1.165) is 5.56 Å². The Morgan fingerprint density at radius 3 is 2.72 bits per heavy atom. The molecule has 5 nitrogen and oxygen atoms in total. The van der Waals surface area contributed by atoms with Gasteiger partial charge in [-0.05, 0) is 24.1 Å². The molecule has 0 atom stereocenters. The number of anilines is 1. The number of methoxy groups -OCH3 is 1. The Hall–Kier alpha value is -2.04. The molecule has 18 heavy (non-hydrogen) atoms. The van der Waals surface area contributed by atoms with Crippen LogP contribution in [0.1, 0.15) is 12.0 Å². The van der Waals surface area contributed by atoms with Crippen LogP contribution < -0.4 is 5.73 Å². The van der Waals surface area contributed by atoms with Crippen LogP contribution in [0.15, 0.2) is 24.3 Å². The van der Waals surface area contributed by atoms with Crippen LogP contribution in [0.3, 0.4) is 0 Å². The molecule has 98 valence electrons. The molecule has 1 aromatic rings. The standard InChI is InChI=1S/C13H18N2O3/c1-15(9-13(17)18-2)12(16)7-6-10-4-3-5-11(14)8-10/h3-5,8H,6-7,9,14H2,1-2H3. The van der Waals surface area contributed by atoms with E-state index >= 15 is 0 Å². The van der Waals surface area contributed by atoms with Crippen LogP contribution in [-0.4, -0.2) is 37.5 Å². The number of nitrogens with zero attached hydrogens (tertiary/aromatic N) is 1. The summed E-state index contributed by atoms with van der Waals surface area (Å²) in [5, 5.41) is 0. The SMILES string of the molecule is COC(=O)CN(C)C(=O)CCc1cccc(N)c1. The summed E-state index contributed by atoms with van der Waals surface area (Å²) >= 11 is 0. The lowest BCUT2D eigenvalue weighted by atomic mass is 10.1. The van der Waals surface area contributed by atoms with Crippen molar-refractivity contribution in [3.05, 3.63) is 29.8 Å². The highest BCUT2D eigenvalue weighted by Crippen LogP contribution is 2.09. The van der Waals surface area contributed by atoms with Gasteiger partial charge in [0, 0.05) is 19.2 Å². The van der Waals surface area contributed by atoms with Crippen molar-refractivity contribution < 1.29 is 14.3 Å². The van der Waals surface area contributed by atoms with Crippen LogP contribution in [0.2, 0.25) is 0 Å². The number of carbonyl (C=O) groups is 2. The van der Waals surface area contributed by atoms with Crippen molar-refractivity contribution in [3.63, 3.8) is 0 Å². The largest absolute Gasteiger partial charge is 0.468 e. The van der Waals surface area contributed by atoms with Crippen LogP contribution in [0.25, 0.3) is 0 Å². The molecule has 0 radical (unpaired) electrons. The van der Waals surface area contributed by atoms with E-state index in [1.54, 1.807) is 13.1 Å². The highest BCUT2D eigenvalue weighted by atomic mass is 16.5. The Kier molecular flexibility index (Phi) is 5.17. The Bertz CT molecular complexity index is 432. The lowest BCUT2D eigenvalue weighted by molar-refractivity contribution is -0.146. The number of nitrogens with two attached hydrogens (primary N) is 1. The minimum Gasteiger partial charge on any atom is -0.468 e. The molecule has 0 aliphatic heterocycles. The summed E-state index contributed by atoms with van der Waals surface area (Å²) < 4.78 is 4.50. The smallest absolute Gasteiger partial charge is 0.325 e. The minimum absolute atomic E-state index is 0.0216.